The minimum Gasteiger partial charge on any atom is -0.497 e. The van der Waals surface area contributed by atoms with Crippen molar-refractivity contribution in [3.8, 4) is 28.4 Å². The molecule has 0 saturated heterocycles. The Bertz CT molecular complexity index is 859. The number of thioether (sulfide) groups is 1. The standard InChI is InChI=1S/C21H24ClNO4S/c1-25-15-4-5-19(26-2)17(11-15)13-8-14-9-16(27-21(14)18(22)10-13)12-23-20(24)6-7-28-3/h4-5,8,10-11,16H,6-7,9,12H2,1-3H3,(H,23,24). The maximum Gasteiger partial charge on any atom is 0.220 e. The molecule has 150 valence electrons. The number of methoxy groups -OCH3 is 2. The fraction of sp³-hybridized carbons (Fsp3) is 0.381. The third-order valence-corrected chi connectivity index (χ3v) is 5.52. The van der Waals surface area contributed by atoms with Crippen LogP contribution in [0.15, 0.2) is 30.3 Å². The van der Waals surface area contributed by atoms with Crippen molar-refractivity contribution in [2.75, 3.05) is 32.8 Å². The monoisotopic (exact) mass is 421 g/mol. The molecule has 2 aromatic rings. The summed E-state index contributed by atoms with van der Waals surface area (Å²) in [6.07, 6.45) is 3.08. The highest BCUT2D eigenvalue weighted by Crippen LogP contribution is 2.42. The topological polar surface area (TPSA) is 56.8 Å². The van der Waals surface area contributed by atoms with E-state index in [4.69, 9.17) is 25.8 Å². The molecule has 0 spiro atoms. The van der Waals surface area contributed by atoms with Gasteiger partial charge in [0.25, 0.3) is 0 Å². The number of halogens is 1. The van der Waals surface area contributed by atoms with Crippen molar-refractivity contribution in [1.82, 2.24) is 5.32 Å². The lowest BCUT2D eigenvalue weighted by molar-refractivity contribution is -0.121. The number of carbonyl (C=O) groups excluding carboxylic acids is 1. The Morgan fingerprint density at radius 3 is 2.82 bits per heavy atom. The first-order chi connectivity index (χ1) is 13.5. The quantitative estimate of drug-likeness (QED) is 0.692. The lowest BCUT2D eigenvalue weighted by Crippen LogP contribution is -2.34. The van der Waals surface area contributed by atoms with Crippen molar-refractivity contribution in [1.29, 1.82) is 0 Å². The van der Waals surface area contributed by atoms with E-state index >= 15 is 0 Å². The van der Waals surface area contributed by atoms with Crippen LogP contribution in [0.2, 0.25) is 5.02 Å². The van der Waals surface area contributed by atoms with Gasteiger partial charge in [-0.25, -0.2) is 0 Å². The molecule has 1 aliphatic heterocycles. The van der Waals surface area contributed by atoms with Crippen molar-refractivity contribution in [2.24, 2.45) is 0 Å². The number of rotatable bonds is 8. The molecule has 1 heterocycles. The highest BCUT2D eigenvalue weighted by molar-refractivity contribution is 7.98. The maximum atomic E-state index is 11.8. The molecule has 28 heavy (non-hydrogen) atoms. The van der Waals surface area contributed by atoms with E-state index in [0.29, 0.717) is 30.2 Å². The molecule has 1 amide bonds. The van der Waals surface area contributed by atoms with E-state index in [1.54, 1.807) is 26.0 Å². The number of hydrogen-bond donors (Lipinski definition) is 1. The molecule has 0 radical (unpaired) electrons. The van der Waals surface area contributed by atoms with Gasteiger partial charge in [-0.2, -0.15) is 11.8 Å². The van der Waals surface area contributed by atoms with Crippen molar-refractivity contribution in [3.63, 3.8) is 0 Å². The number of ether oxygens (including phenoxy) is 3. The third-order valence-electron chi connectivity index (χ3n) is 4.63. The average Bonchev–Trinajstić information content (AvgIpc) is 3.13. The van der Waals surface area contributed by atoms with E-state index in [1.807, 2.05) is 30.5 Å². The van der Waals surface area contributed by atoms with E-state index in [0.717, 1.165) is 33.9 Å². The zero-order chi connectivity index (χ0) is 20.1. The first kappa shape index (κ1) is 20.7. The Morgan fingerprint density at radius 2 is 2.11 bits per heavy atom. The fourth-order valence-electron chi connectivity index (χ4n) is 3.21. The second-order valence-corrected chi connectivity index (χ2v) is 7.90. The van der Waals surface area contributed by atoms with Gasteiger partial charge in [0.05, 0.1) is 25.8 Å². The van der Waals surface area contributed by atoms with E-state index in [2.05, 4.69) is 11.4 Å². The molecule has 2 aromatic carbocycles. The molecule has 7 heteroatoms. The lowest BCUT2D eigenvalue weighted by Gasteiger charge is -2.13. The Balaban J connectivity index is 1.78. The zero-order valence-corrected chi connectivity index (χ0v) is 17.8. The molecular formula is C21H24ClNO4S. The van der Waals surface area contributed by atoms with E-state index in [9.17, 15) is 4.79 Å². The predicted molar refractivity (Wildman–Crippen MR) is 114 cm³/mol. The third kappa shape index (κ3) is 4.67. The summed E-state index contributed by atoms with van der Waals surface area (Å²) in [6.45, 7) is 0.468. The van der Waals surface area contributed by atoms with Crippen molar-refractivity contribution in [3.05, 3.63) is 40.9 Å². The van der Waals surface area contributed by atoms with Gasteiger partial charge in [0.2, 0.25) is 5.91 Å². The molecule has 1 N–H and O–H groups in total. The summed E-state index contributed by atoms with van der Waals surface area (Å²) in [5.41, 5.74) is 2.86. The number of hydrogen-bond acceptors (Lipinski definition) is 5. The summed E-state index contributed by atoms with van der Waals surface area (Å²) >= 11 is 8.16. The number of amides is 1. The van der Waals surface area contributed by atoms with Crippen LogP contribution in [-0.2, 0) is 11.2 Å². The number of benzene rings is 2. The molecule has 3 rings (SSSR count). The largest absolute Gasteiger partial charge is 0.497 e. The van der Waals surface area contributed by atoms with Crippen LogP contribution in [0.3, 0.4) is 0 Å². The summed E-state index contributed by atoms with van der Waals surface area (Å²) in [6, 6.07) is 9.59. The van der Waals surface area contributed by atoms with Crippen LogP contribution in [0, 0.1) is 0 Å². The number of carbonyl (C=O) groups is 1. The molecule has 0 aromatic heterocycles. The van der Waals surface area contributed by atoms with Crippen LogP contribution < -0.4 is 19.5 Å². The summed E-state index contributed by atoms with van der Waals surface area (Å²) in [5, 5.41) is 3.49. The van der Waals surface area contributed by atoms with Gasteiger partial charge in [-0.15, -0.1) is 0 Å². The van der Waals surface area contributed by atoms with E-state index in [1.165, 1.54) is 0 Å². The van der Waals surface area contributed by atoms with Crippen LogP contribution in [-0.4, -0.2) is 44.8 Å². The Labute approximate surface area is 174 Å². The SMILES string of the molecule is COc1ccc(OC)c(-c2cc(Cl)c3c(c2)CC(CNC(=O)CCSC)O3)c1. The number of fused-ring (bicyclic) bond motifs is 1. The molecule has 1 atom stereocenters. The molecular weight excluding hydrogens is 398 g/mol. The van der Waals surface area contributed by atoms with Gasteiger partial charge in [-0.05, 0) is 42.2 Å². The van der Waals surface area contributed by atoms with Gasteiger partial charge in [0.15, 0.2) is 0 Å². The molecule has 1 unspecified atom stereocenters. The molecule has 5 nitrogen and oxygen atoms in total. The molecule has 0 saturated carbocycles. The van der Waals surface area contributed by atoms with Gasteiger partial charge < -0.3 is 19.5 Å². The second kappa shape index (κ2) is 9.43. The Kier molecular flexibility index (Phi) is 6.97. The highest BCUT2D eigenvalue weighted by atomic mass is 35.5. The smallest absolute Gasteiger partial charge is 0.220 e. The average molecular weight is 422 g/mol. The van der Waals surface area contributed by atoms with Crippen molar-refractivity contribution in [2.45, 2.75) is 18.9 Å². The van der Waals surface area contributed by atoms with E-state index < -0.39 is 0 Å². The molecule has 0 aliphatic carbocycles. The summed E-state index contributed by atoms with van der Waals surface area (Å²) in [7, 11) is 3.27. The van der Waals surface area contributed by atoms with Gasteiger partial charge in [-0.3, -0.25) is 4.79 Å². The summed E-state index contributed by atoms with van der Waals surface area (Å²) in [5.74, 6) is 3.04. The van der Waals surface area contributed by atoms with Gasteiger partial charge in [-0.1, -0.05) is 11.6 Å². The minimum atomic E-state index is -0.117. The Morgan fingerprint density at radius 1 is 1.29 bits per heavy atom. The van der Waals surface area contributed by atoms with Crippen LogP contribution in [0.4, 0.5) is 0 Å². The number of nitrogens with one attached hydrogen (secondary N) is 1. The molecule has 0 bridgehead atoms. The van der Waals surface area contributed by atoms with Gasteiger partial charge in [0, 0.05) is 29.7 Å². The first-order valence-electron chi connectivity index (χ1n) is 9.02. The normalized spacial score (nSPS) is 14.9. The first-order valence-corrected chi connectivity index (χ1v) is 10.8. The van der Waals surface area contributed by atoms with Crippen LogP contribution in [0.1, 0.15) is 12.0 Å². The second-order valence-electron chi connectivity index (χ2n) is 6.50. The Hall–Kier alpha value is -2.05. The van der Waals surface area contributed by atoms with Crippen LogP contribution in [0.5, 0.6) is 17.2 Å². The zero-order valence-electron chi connectivity index (χ0n) is 16.2. The van der Waals surface area contributed by atoms with Gasteiger partial charge in [0.1, 0.15) is 23.4 Å². The summed E-state index contributed by atoms with van der Waals surface area (Å²) in [4.78, 5) is 11.8. The molecule has 0 fully saturated rings. The lowest BCUT2D eigenvalue weighted by atomic mass is 9.99. The highest BCUT2D eigenvalue weighted by Gasteiger charge is 2.27. The molecule has 1 aliphatic rings. The van der Waals surface area contributed by atoms with Crippen molar-refractivity contribution >= 4 is 29.3 Å². The fourth-order valence-corrected chi connectivity index (χ4v) is 3.88. The van der Waals surface area contributed by atoms with Crippen LogP contribution >= 0.6 is 23.4 Å². The van der Waals surface area contributed by atoms with Crippen molar-refractivity contribution < 1.29 is 19.0 Å². The summed E-state index contributed by atoms with van der Waals surface area (Å²) < 4.78 is 16.8. The predicted octanol–water partition coefficient (Wildman–Crippen LogP) is 4.20. The van der Waals surface area contributed by atoms with Crippen LogP contribution in [0.25, 0.3) is 11.1 Å². The minimum absolute atomic E-state index is 0.0433. The van der Waals surface area contributed by atoms with E-state index in [-0.39, 0.29) is 12.0 Å². The van der Waals surface area contributed by atoms with Gasteiger partial charge >= 0.3 is 0 Å². The maximum absolute atomic E-state index is 11.8.